The summed E-state index contributed by atoms with van der Waals surface area (Å²) in [6, 6.07) is 0.271. The van der Waals surface area contributed by atoms with Crippen LogP contribution in [0.15, 0.2) is 6.20 Å². The van der Waals surface area contributed by atoms with Crippen molar-refractivity contribution in [3.8, 4) is 0 Å². The fraction of sp³-hybridized carbons (Fsp3) is 0.636. The molecule has 1 heterocycles. The molecule has 1 atom stereocenters. The van der Waals surface area contributed by atoms with Gasteiger partial charge in [0.1, 0.15) is 0 Å². The summed E-state index contributed by atoms with van der Waals surface area (Å²) < 4.78 is 6.87. The van der Waals surface area contributed by atoms with Crippen molar-refractivity contribution in [3.05, 3.63) is 17.5 Å². The Bertz CT molecular complexity index is 331. The highest BCUT2D eigenvalue weighted by molar-refractivity contribution is 5.76. The van der Waals surface area contributed by atoms with E-state index in [1.807, 2.05) is 25.5 Å². The van der Waals surface area contributed by atoms with E-state index < -0.39 is 0 Å². The maximum absolute atomic E-state index is 10.9. The number of carbonyl (C=O) groups excluding carboxylic acids is 1. The van der Waals surface area contributed by atoms with Crippen LogP contribution in [0.4, 0.5) is 0 Å². The Balaban J connectivity index is 2.99. The van der Waals surface area contributed by atoms with Gasteiger partial charge in [-0.2, -0.15) is 5.10 Å². The largest absolute Gasteiger partial charge is 0.384 e. The van der Waals surface area contributed by atoms with E-state index in [4.69, 9.17) is 4.74 Å². The molecule has 0 aliphatic rings. The summed E-state index contributed by atoms with van der Waals surface area (Å²) in [5.41, 5.74) is 1.48. The molecule has 0 saturated carbocycles. The normalized spacial score (nSPS) is 13.1. The zero-order valence-electron chi connectivity index (χ0n) is 9.73. The monoisotopic (exact) mass is 210 g/mol. The molecule has 84 valence electrons. The van der Waals surface area contributed by atoms with Crippen LogP contribution < -0.4 is 0 Å². The molecule has 0 spiro atoms. The van der Waals surface area contributed by atoms with Gasteiger partial charge in [0.2, 0.25) is 0 Å². The SMILES string of the molecule is COCC(C)c1nn(C(C)C)cc1C=O. The minimum Gasteiger partial charge on any atom is -0.384 e. The second-order valence-corrected chi connectivity index (χ2v) is 4.02. The van der Waals surface area contributed by atoms with E-state index in [2.05, 4.69) is 5.10 Å². The van der Waals surface area contributed by atoms with Crippen LogP contribution in [0.5, 0.6) is 0 Å². The number of hydrogen-bond acceptors (Lipinski definition) is 3. The lowest BCUT2D eigenvalue weighted by Crippen LogP contribution is -2.07. The first kappa shape index (κ1) is 11.9. The van der Waals surface area contributed by atoms with Crippen molar-refractivity contribution in [2.45, 2.75) is 32.7 Å². The topological polar surface area (TPSA) is 44.1 Å². The third-order valence-electron chi connectivity index (χ3n) is 2.33. The molecule has 0 radical (unpaired) electrons. The first-order valence-electron chi connectivity index (χ1n) is 5.13. The molecule has 4 nitrogen and oxygen atoms in total. The van der Waals surface area contributed by atoms with Gasteiger partial charge in [-0.05, 0) is 13.8 Å². The van der Waals surface area contributed by atoms with Crippen LogP contribution in [-0.4, -0.2) is 29.8 Å². The van der Waals surface area contributed by atoms with Gasteiger partial charge in [0.05, 0.1) is 17.9 Å². The van der Waals surface area contributed by atoms with E-state index in [9.17, 15) is 4.79 Å². The Hall–Kier alpha value is -1.16. The molecule has 15 heavy (non-hydrogen) atoms. The molecule has 0 aromatic carbocycles. The first-order chi connectivity index (χ1) is 7.10. The van der Waals surface area contributed by atoms with Crippen LogP contribution in [0.2, 0.25) is 0 Å². The highest BCUT2D eigenvalue weighted by Gasteiger charge is 2.16. The van der Waals surface area contributed by atoms with Gasteiger partial charge in [-0.15, -0.1) is 0 Å². The van der Waals surface area contributed by atoms with Gasteiger partial charge < -0.3 is 4.74 Å². The van der Waals surface area contributed by atoms with Crippen LogP contribution in [0, 0.1) is 0 Å². The third kappa shape index (κ3) is 2.65. The van der Waals surface area contributed by atoms with E-state index >= 15 is 0 Å². The van der Waals surface area contributed by atoms with Crippen molar-refractivity contribution in [2.75, 3.05) is 13.7 Å². The average Bonchev–Trinajstić information content (AvgIpc) is 2.61. The number of ether oxygens (including phenoxy) is 1. The van der Waals surface area contributed by atoms with Crippen LogP contribution in [0.25, 0.3) is 0 Å². The van der Waals surface area contributed by atoms with Crippen molar-refractivity contribution < 1.29 is 9.53 Å². The third-order valence-corrected chi connectivity index (χ3v) is 2.33. The number of hydrogen-bond donors (Lipinski definition) is 0. The minimum absolute atomic E-state index is 0.148. The van der Waals surface area contributed by atoms with Gasteiger partial charge in [0.15, 0.2) is 6.29 Å². The number of aromatic nitrogens is 2. The van der Waals surface area contributed by atoms with E-state index in [0.29, 0.717) is 12.2 Å². The predicted molar refractivity (Wildman–Crippen MR) is 58.3 cm³/mol. The molecule has 4 heteroatoms. The average molecular weight is 210 g/mol. The van der Waals surface area contributed by atoms with Gasteiger partial charge in [0, 0.05) is 25.3 Å². The maximum Gasteiger partial charge on any atom is 0.153 e. The summed E-state index contributed by atoms with van der Waals surface area (Å²) in [6.45, 7) is 6.65. The van der Waals surface area contributed by atoms with Gasteiger partial charge in [-0.25, -0.2) is 0 Å². The number of rotatable bonds is 5. The van der Waals surface area contributed by atoms with Crippen molar-refractivity contribution >= 4 is 6.29 Å². The van der Waals surface area contributed by atoms with Crippen molar-refractivity contribution in [2.24, 2.45) is 0 Å². The standard InChI is InChI=1S/C11H18N2O2/c1-8(2)13-5-10(6-14)11(12-13)9(3)7-15-4/h5-6,8-9H,7H2,1-4H3. The molecule has 0 aliphatic heterocycles. The fourth-order valence-corrected chi connectivity index (χ4v) is 1.49. The lowest BCUT2D eigenvalue weighted by Gasteiger charge is -2.08. The smallest absolute Gasteiger partial charge is 0.153 e. The molecular formula is C11H18N2O2. The zero-order valence-corrected chi connectivity index (χ0v) is 9.73. The van der Waals surface area contributed by atoms with Crippen LogP contribution in [0.3, 0.4) is 0 Å². The van der Waals surface area contributed by atoms with E-state index in [1.165, 1.54) is 0 Å². The molecule has 1 aromatic heterocycles. The Labute approximate surface area is 90.2 Å². The predicted octanol–water partition coefficient (Wildman–Crippen LogP) is 2.03. The number of methoxy groups -OCH3 is 1. The number of nitrogens with zero attached hydrogens (tertiary/aromatic N) is 2. The Morgan fingerprint density at radius 3 is 2.67 bits per heavy atom. The minimum atomic E-state index is 0.148. The second kappa shape index (κ2) is 5.07. The molecule has 1 aromatic rings. The molecule has 0 aliphatic carbocycles. The highest BCUT2D eigenvalue weighted by Crippen LogP contribution is 2.18. The summed E-state index contributed by atoms with van der Waals surface area (Å²) >= 11 is 0. The van der Waals surface area contributed by atoms with Gasteiger partial charge in [-0.3, -0.25) is 9.48 Å². The lowest BCUT2D eigenvalue weighted by molar-refractivity contribution is 0.112. The summed E-state index contributed by atoms with van der Waals surface area (Å²) in [7, 11) is 1.65. The zero-order chi connectivity index (χ0) is 11.4. The van der Waals surface area contributed by atoms with Crippen molar-refractivity contribution in [1.29, 1.82) is 0 Å². The van der Waals surface area contributed by atoms with Gasteiger partial charge >= 0.3 is 0 Å². The van der Waals surface area contributed by atoms with Gasteiger partial charge in [0.25, 0.3) is 0 Å². The highest BCUT2D eigenvalue weighted by atomic mass is 16.5. The van der Waals surface area contributed by atoms with E-state index in [-0.39, 0.29) is 12.0 Å². The summed E-state index contributed by atoms with van der Waals surface area (Å²) in [6.07, 6.45) is 2.65. The quantitative estimate of drug-likeness (QED) is 0.698. The maximum atomic E-state index is 10.9. The van der Waals surface area contributed by atoms with E-state index in [1.54, 1.807) is 13.3 Å². The molecule has 0 saturated heterocycles. The van der Waals surface area contributed by atoms with Gasteiger partial charge in [-0.1, -0.05) is 6.92 Å². The molecule has 0 fully saturated rings. The van der Waals surface area contributed by atoms with Crippen LogP contribution in [0.1, 0.15) is 48.8 Å². The lowest BCUT2D eigenvalue weighted by atomic mass is 10.1. The number of carbonyl (C=O) groups is 1. The Kier molecular flexibility index (Phi) is 4.03. The molecular weight excluding hydrogens is 192 g/mol. The Morgan fingerprint density at radius 1 is 1.53 bits per heavy atom. The summed E-state index contributed by atoms with van der Waals surface area (Å²) in [5, 5.41) is 4.40. The second-order valence-electron chi connectivity index (χ2n) is 4.02. The van der Waals surface area contributed by atoms with Crippen molar-refractivity contribution in [3.63, 3.8) is 0 Å². The fourth-order valence-electron chi connectivity index (χ4n) is 1.49. The summed E-state index contributed by atoms with van der Waals surface area (Å²) in [5.74, 6) is 0.148. The molecule has 1 rings (SSSR count). The van der Waals surface area contributed by atoms with E-state index in [0.717, 1.165) is 12.0 Å². The molecule has 0 N–H and O–H groups in total. The van der Waals surface area contributed by atoms with Crippen LogP contribution >= 0.6 is 0 Å². The molecule has 1 unspecified atom stereocenters. The first-order valence-corrected chi connectivity index (χ1v) is 5.13. The van der Waals surface area contributed by atoms with Crippen LogP contribution in [-0.2, 0) is 4.74 Å². The molecule has 0 amide bonds. The Morgan fingerprint density at radius 2 is 2.20 bits per heavy atom. The number of aldehydes is 1. The molecule has 0 bridgehead atoms. The summed E-state index contributed by atoms with van der Waals surface area (Å²) in [4.78, 5) is 10.9. The van der Waals surface area contributed by atoms with Crippen molar-refractivity contribution in [1.82, 2.24) is 9.78 Å².